The molecule has 0 radical (unpaired) electrons. The molecule has 5 heteroatoms. The summed E-state index contributed by atoms with van der Waals surface area (Å²) in [5.41, 5.74) is 0. The van der Waals surface area contributed by atoms with Gasteiger partial charge in [-0.05, 0) is 40.0 Å². The van der Waals surface area contributed by atoms with Gasteiger partial charge >= 0.3 is 0 Å². The van der Waals surface area contributed by atoms with E-state index in [1.807, 2.05) is 13.8 Å². The lowest BCUT2D eigenvalue weighted by atomic mass is 10.0. The fraction of sp³-hybridized carbons (Fsp3) is 0.875. The number of likely N-dealkylation sites (N-methyl/N-ethyl adjacent to an activating group) is 1. The van der Waals surface area contributed by atoms with E-state index in [1.165, 1.54) is 19.4 Å². The van der Waals surface area contributed by atoms with Crippen molar-refractivity contribution in [3.8, 4) is 0 Å². The van der Waals surface area contributed by atoms with Gasteiger partial charge in [0.1, 0.15) is 6.29 Å². The number of carbonyl (C=O) groups is 2. The summed E-state index contributed by atoms with van der Waals surface area (Å²) in [7, 11) is 5.90. The zero-order chi connectivity index (χ0) is 17.3. The first-order valence-corrected chi connectivity index (χ1v) is 7.85. The molecule has 0 fully saturated rings. The van der Waals surface area contributed by atoms with Gasteiger partial charge in [0.15, 0.2) is 0 Å². The Morgan fingerprint density at radius 2 is 1.67 bits per heavy atom. The predicted octanol–water partition coefficient (Wildman–Crippen LogP) is 1.92. The Morgan fingerprint density at radius 3 is 1.86 bits per heavy atom. The third-order valence-corrected chi connectivity index (χ3v) is 2.29. The molecule has 0 saturated carbocycles. The Labute approximate surface area is 131 Å². The largest absolute Gasteiger partial charge is 0.348 e. The summed E-state index contributed by atoms with van der Waals surface area (Å²) < 4.78 is 0. The zero-order valence-corrected chi connectivity index (χ0v) is 15.3. The summed E-state index contributed by atoms with van der Waals surface area (Å²) in [4.78, 5) is 23.4. The number of nitrogens with one attached hydrogen (secondary N) is 2. The number of rotatable bonds is 7. The normalized spacial score (nSPS) is 11.0. The quantitative estimate of drug-likeness (QED) is 0.705. The molecule has 0 aromatic heterocycles. The van der Waals surface area contributed by atoms with E-state index in [0.717, 1.165) is 0 Å². The minimum absolute atomic E-state index is 0.0870. The highest BCUT2D eigenvalue weighted by Gasteiger charge is 2.18. The first-order valence-electron chi connectivity index (χ1n) is 7.85. The molecule has 0 aliphatic heterocycles. The van der Waals surface area contributed by atoms with Gasteiger partial charge in [-0.3, -0.25) is 4.79 Å². The van der Waals surface area contributed by atoms with E-state index < -0.39 is 0 Å². The number of hydrogen-bond acceptors (Lipinski definition) is 4. The highest BCUT2D eigenvalue weighted by Crippen LogP contribution is 1.99. The van der Waals surface area contributed by atoms with Crippen LogP contribution in [0.1, 0.15) is 47.5 Å². The monoisotopic (exact) mass is 303 g/mol. The van der Waals surface area contributed by atoms with Gasteiger partial charge in [-0.1, -0.05) is 41.0 Å². The third-order valence-electron chi connectivity index (χ3n) is 2.29. The van der Waals surface area contributed by atoms with Gasteiger partial charge in [-0.25, -0.2) is 0 Å². The molecule has 0 aromatic rings. The highest BCUT2D eigenvalue weighted by molar-refractivity contribution is 5.83. The number of nitrogens with zero attached hydrogens (tertiary/aromatic N) is 1. The van der Waals surface area contributed by atoms with Crippen molar-refractivity contribution >= 4 is 12.2 Å². The van der Waals surface area contributed by atoms with E-state index in [2.05, 4.69) is 50.4 Å². The van der Waals surface area contributed by atoms with Crippen molar-refractivity contribution in [3.05, 3.63) is 0 Å². The first kappa shape index (κ1) is 25.0. The van der Waals surface area contributed by atoms with Crippen LogP contribution in [0.2, 0.25) is 0 Å². The second-order valence-corrected chi connectivity index (χ2v) is 5.43. The summed E-state index contributed by atoms with van der Waals surface area (Å²) >= 11 is 0. The number of hydrogen-bond donors (Lipinski definition) is 2. The molecule has 0 aliphatic carbocycles. The highest BCUT2D eigenvalue weighted by atomic mass is 16.2. The van der Waals surface area contributed by atoms with Crippen molar-refractivity contribution in [1.29, 1.82) is 0 Å². The van der Waals surface area contributed by atoms with Crippen LogP contribution < -0.4 is 10.6 Å². The van der Waals surface area contributed by atoms with Gasteiger partial charge in [0, 0.05) is 0 Å². The van der Waals surface area contributed by atoms with E-state index in [-0.39, 0.29) is 24.4 Å². The molecule has 1 atom stereocenters. The van der Waals surface area contributed by atoms with Crippen LogP contribution in [0.15, 0.2) is 0 Å². The van der Waals surface area contributed by atoms with Crippen LogP contribution in [0, 0.1) is 5.92 Å². The standard InChI is InChI=1S/C8H16N2O2.C5H13N.C3H8/c1-6(2)7(9-3)8(12)10-4-5-11;1-4-5-6(2)3;1-3-2/h5-7,9H,4H2,1-3H3,(H,10,12);4-5H2,1-3H3;3H2,1-2H3. The van der Waals surface area contributed by atoms with Crippen LogP contribution in [-0.2, 0) is 9.59 Å². The molecule has 0 rings (SSSR count). The minimum atomic E-state index is -0.218. The number of amides is 1. The van der Waals surface area contributed by atoms with Crippen molar-refractivity contribution in [2.75, 3.05) is 34.2 Å². The van der Waals surface area contributed by atoms with Gasteiger partial charge in [-0.15, -0.1) is 0 Å². The van der Waals surface area contributed by atoms with Crippen LogP contribution >= 0.6 is 0 Å². The lowest BCUT2D eigenvalue weighted by molar-refractivity contribution is -0.125. The second-order valence-electron chi connectivity index (χ2n) is 5.43. The Morgan fingerprint density at radius 1 is 1.19 bits per heavy atom. The van der Waals surface area contributed by atoms with Crippen molar-refractivity contribution < 1.29 is 9.59 Å². The van der Waals surface area contributed by atoms with Crippen molar-refractivity contribution in [2.24, 2.45) is 5.92 Å². The zero-order valence-electron chi connectivity index (χ0n) is 15.3. The maximum atomic E-state index is 11.2. The van der Waals surface area contributed by atoms with Crippen LogP contribution in [0.25, 0.3) is 0 Å². The summed E-state index contributed by atoms with van der Waals surface area (Å²) in [6.07, 6.45) is 3.18. The van der Waals surface area contributed by atoms with Gasteiger partial charge in [0.05, 0.1) is 12.6 Å². The molecular formula is C16H37N3O2. The molecule has 0 heterocycles. The summed E-state index contributed by atoms with van der Waals surface area (Å²) in [6, 6.07) is -0.218. The summed E-state index contributed by atoms with van der Waals surface area (Å²) in [5.74, 6) is 0.0984. The fourth-order valence-corrected chi connectivity index (χ4v) is 1.47. The molecule has 2 N–H and O–H groups in total. The first-order chi connectivity index (χ1) is 9.81. The molecule has 1 unspecified atom stereocenters. The topological polar surface area (TPSA) is 61.4 Å². The lowest BCUT2D eigenvalue weighted by Crippen LogP contribution is -2.46. The number of aldehydes is 1. The predicted molar refractivity (Wildman–Crippen MR) is 91.6 cm³/mol. The molecule has 0 spiro atoms. The van der Waals surface area contributed by atoms with E-state index in [0.29, 0.717) is 6.29 Å². The summed E-state index contributed by atoms with van der Waals surface area (Å²) in [5, 5.41) is 5.38. The van der Waals surface area contributed by atoms with Gasteiger partial charge in [0.25, 0.3) is 0 Å². The maximum Gasteiger partial charge on any atom is 0.237 e. The van der Waals surface area contributed by atoms with Gasteiger partial charge < -0.3 is 20.3 Å². The van der Waals surface area contributed by atoms with E-state index in [1.54, 1.807) is 7.05 Å². The van der Waals surface area contributed by atoms with Crippen LogP contribution in [0.3, 0.4) is 0 Å². The molecule has 0 bridgehead atoms. The molecular weight excluding hydrogens is 266 g/mol. The van der Waals surface area contributed by atoms with Gasteiger partial charge in [0.2, 0.25) is 5.91 Å². The third kappa shape index (κ3) is 21.5. The van der Waals surface area contributed by atoms with Crippen LogP contribution in [0.4, 0.5) is 0 Å². The average molecular weight is 303 g/mol. The van der Waals surface area contributed by atoms with Crippen molar-refractivity contribution in [3.63, 3.8) is 0 Å². The molecule has 0 aromatic carbocycles. The SMILES string of the molecule is CCC.CCCN(C)C.CNC(C(=O)NCC=O)C(C)C. The molecule has 21 heavy (non-hydrogen) atoms. The second kappa shape index (κ2) is 19.1. The molecule has 5 nitrogen and oxygen atoms in total. The fourth-order valence-electron chi connectivity index (χ4n) is 1.47. The Balaban J connectivity index is -0.000000300. The minimum Gasteiger partial charge on any atom is -0.348 e. The van der Waals surface area contributed by atoms with E-state index in [9.17, 15) is 9.59 Å². The summed E-state index contributed by atoms with van der Waals surface area (Å²) in [6.45, 7) is 11.6. The Bertz CT molecular complexity index is 232. The van der Waals surface area contributed by atoms with Crippen LogP contribution in [-0.4, -0.2) is 57.4 Å². The maximum absolute atomic E-state index is 11.2. The van der Waals surface area contributed by atoms with Crippen molar-refractivity contribution in [1.82, 2.24) is 15.5 Å². The number of carbonyl (C=O) groups excluding carboxylic acids is 2. The molecule has 0 aliphatic rings. The molecule has 1 amide bonds. The van der Waals surface area contributed by atoms with E-state index in [4.69, 9.17) is 0 Å². The molecule has 128 valence electrons. The average Bonchev–Trinajstić information content (AvgIpc) is 2.38. The van der Waals surface area contributed by atoms with Gasteiger partial charge in [-0.2, -0.15) is 0 Å². The van der Waals surface area contributed by atoms with E-state index >= 15 is 0 Å². The van der Waals surface area contributed by atoms with Crippen LogP contribution in [0.5, 0.6) is 0 Å². The van der Waals surface area contributed by atoms with Crippen molar-refractivity contribution in [2.45, 2.75) is 53.5 Å². The Hall–Kier alpha value is -0.940. The molecule has 0 saturated heterocycles. The lowest BCUT2D eigenvalue weighted by Gasteiger charge is -2.18. The Kier molecular flexibility index (Phi) is 22.7. The smallest absolute Gasteiger partial charge is 0.237 e.